The number of imidazole rings is 1. The Kier molecular flexibility index (Phi) is 5.61. The Bertz CT molecular complexity index is 1510. The highest BCUT2D eigenvalue weighted by Crippen LogP contribution is 2.31. The first-order chi connectivity index (χ1) is 16.5. The van der Waals surface area contributed by atoms with Crippen LogP contribution in [-0.2, 0) is 0 Å². The van der Waals surface area contributed by atoms with Gasteiger partial charge in [0.2, 0.25) is 0 Å². The van der Waals surface area contributed by atoms with Gasteiger partial charge in [-0.05, 0) is 54.4 Å². The Hall–Kier alpha value is -4.36. The Morgan fingerprint density at radius 3 is 2.65 bits per heavy atom. The average molecular weight is 465 g/mol. The zero-order valence-electron chi connectivity index (χ0n) is 18.7. The van der Waals surface area contributed by atoms with Gasteiger partial charge in [0.1, 0.15) is 11.3 Å². The van der Waals surface area contributed by atoms with Crippen molar-refractivity contribution in [1.29, 1.82) is 0 Å². The number of thiazole rings is 1. The number of aryl methyl sites for hydroxylation is 1. The van der Waals surface area contributed by atoms with E-state index >= 15 is 0 Å². The van der Waals surface area contributed by atoms with Gasteiger partial charge in [-0.3, -0.25) is 4.40 Å². The minimum atomic E-state index is 0.684. The summed E-state index contributed by atoms with van der Waals surface area (Å²) in [5, 5.41) is 9.53. The van der Waals surface area contributed by atoms with E-state index in [1.807, 2.05) is 85.2 Å². The number of pyridine rings is 1. The third-order valence-corrected chi connectivity index (χ3v) is 6.30. The monoisotopic (exact) mass is 464 g/mol. The number of nitrogen functional groups attached to an aromatic ring is 1. The van der Waals surface area contributed by atoms with Gasteiger partial charge in [0, 0.05) is 23.0 Å². The molecule has 5 aromatic rings. The number of nitrogens with zero attached hydrogens (tertiary/aromatic N) is 3. The maximum atomic E-state index is 6.02. The number of hydrogen-bond donors (Lipinski definition) is 3. The fraction of sp³-hybridized carbons (Fsp3) is 0.0370. The van der Waals surface area contributed by atoms with E-state index in [0.29, 0.717) is 5.69 Å². The van der Waals surface area contributed by atoms with Crippen LogP contribution >= 0.6 is 11.3 Å². The molecule has 4 N–H and O–H groups in total. The number of nitrogens with two attached hydrogens (primary N) is 1. The van der Waals surface area contributed by atoms with E-state index in [2.05, 4.69) is 28.2 Å². The van der Waals surface area contributed by atoms with Gasteiger partial charge in [-0.1, -0.05) is 43.5 Å². The van der Waals surface area contributed by atoms with E-state index in [1.165, 1.54) is 0 Å². The molecule has 0 aliphatic rings. The minimum absolute atomic E-state index is 0.684. The number of fused-ring (bicyclic) bond motifs is 1. The van der Waals surface area contributed by atoms with E-state index in [1.54, 1.807) is 11.3 Å². The lowest BCUT2D eigenvalue weighted by Crippen LogP contribution is -2.00. The minimum Gasteiger partial charge on any atom is -0.397 e. The SMILES string of the molecule is C=Cc1ccn2c(-c3csc(Nc4ccc(C(=C)Nc5ccccc5N)cc4)n3)c(C)nc2c1. The molecule has 0 radical (unpaired) electrons. The van der Waals surface area contributed by atoms with Crippen LogP contribution in [0, 0.1) is 6.92 Å². The molecule has 5 rings (SSSR count). The molecule has 0 aliphatic carbocycles. The molecule has 0 amide bonds. The molecule has 0 aliphatic heterocycles. The number of rotatable bonds is 7. The van der Waals surface area contributed by atoms with Crippen molar-refractivity contribution in [2.24, 2.45) is 0 Å². The summed E-state index contributed by atoms with van der Waals surface area (Å²) in [4.78, 5) is 9.50. The highest BCUT2D eigenvalue weighted by atomic mass is 32.1. The van der Waals surface area contributed by atoms with Crippen LogP contribution < -0.4 is 16.4 Å². The van der Waals surface area contributed by atoms with Crippen molar-refractivity contribution >= 4 is 51.0 Å². The molecule has 3 heterocycles. The summed E-state index contributed by atoms with van der Waals surface area (Å²) in [6.07, 6.45) is 3.83. The summed E-state index contributed by atoms with van der Waals surface area (Å²) in [6, 6.07) is 19.7. The second-order valence-electron chi connectivity index (χ2n) is 7.87. The third kappa shape index (κ3) is 4.16. The maximum absolute atomic E-state index is 6.02. The Labute approximate surface area is 202 Å². The fourth-order valence-electron chi connectivity index (χ4n) is 3.78. The van der Waals surface area contributed by atoms with Crippen molar-refractivity contribution in [3.63, 3.8) is 0 Å². The molecular weight excluding hydrogens is 440 g/mol. The summed E-state index contributed by atoms with van der Waals surface area (Å²) in [7, 11) is 0. The lowest BCUT2D eigenvalue weighted by molar-refractivity contribution is 1.17. The average Bonchev–Trinajstić information content (AvgIpc) is 3.43. The van der Waals surface area contributed by atoms with Crippen LogP contribution in [0.25, 0.3) is 28.8 Å². The third-order valence-electron chi connectivity index (χ3n) is 5.54. The van der Waals surface area contributed by atoms with Crippen LogP contribution in [0.1, 0.15) is 16.8 Å². The molecule has 2 aromatic carbocycles. The Morgan fingerprint density at radius 1 is 1.09 bits per heavy atom. The molecule has 0 bridgehead atoms. The number of anilines is 4. The van der Waals surface area contributed by atoms with Crippen molar-refractivity contribution in [2.45, 2.75) is 6.92 Å². The number of hydrogen-bond acceptors (Lipinski definition) is 6. The van der Waals surface area contributed by atoms with Crippen molar-refractivity contribution in [3.05, 3.63) is 102 Å². The van der Waals surface area contributed by atoms with Gasteiger partial charge >= 0.3 is 0 Å². The maximum Gasteiger partial charge on any atom is 0.187 e. The van der Waals surface area contributed by atoms with Gasteiger partial charge in [-0.25, -0.2) is 9.97 Å². The lowest BCUT2D eigenvalue weighted by Gasteiger charge is -2.12. The zero-order chi connectivity index (χ0) is 23.7. The summed E-state index contributed by atoms with van der Waals surface area (Å²) in [5.74, 6) is 0. The number of nitrogens with one attached hydrogen (secondary N) is 2. The molecule has 0 atom stereocenters. The summed E-state index contributed by atoms with van der Waals surface area (Å²) >= 11 is 1.56. The first-order valence-electron chi connectivity index (χ1n) is 10.8. The van der Waals surface area contributed by atoms with E-state index in [9.17, 15) is 0 Å². The van der Waals surface area contributed by atoms with Crippen molar-refractivity contribution in [3.8, 4) is 11.4 Å². The van der Waals surface area contributed by atoms with Crippen LogP contribution in [0.15, 0.2) is 85.4 Å². The van der Waals surface area contributed by atoms with Gasteiger partial charge in [0.15, 0.2) is 5.13 Å². The topological polar surface area (TPSA) is 80.3 Å². The highest BCUT2D eigenvalue weighted by Gasteiger charge is 2.14. The summed E-state index contributed by atoms with van der Waals surface area (Å²) in [5.41, 5.74) is 15.0. The van der Waals surface area contributed by atoms with Crippen LogP contribution in [0.2, 0.25) is 0 Å². The molecular formula is C27H24N6S. The molecule has 168 valence electrons. The van der Waals surface area contributed by atoms with E-state index < -0.39 is 0 Å². The summed E-state index contributed by atoms with van der Waals surface area (Å²) in [6.45, 7) is 9.98. The van der Waals surface area contributed by atoms with Gasteiger partial charge in [0.05, 0.1) is 22.8 Å². The Balaban J connectivity index is 1.32. The smallest absolute Gasteiger partial charge is 0.187 e. The van der Waals surface area contributed by atoms with Crippen LogP contribution in [0.3, 0.4) is 0 Å². The molecule has 0 saturated carbocycles. The molecule has 7 heteroatoms. The molecule has 0 saturated heterocycles. The molecule has 6 nitrogen and oxygen atoms in total. The second kappa shape index (κ2) is 8.88. The number of aromatic nitrogens is 3. The van der Waals surface area contributed by atoms with Gasteiger partial charge < -0.3 is 16.4 Å². The van der Waals surface area contributed by atoms with E-state index in [-0.39, 0.29) is 0 Å². The lowest BCUT2D eigenvalue weighted by atomic mass is 10.1. The van der Waals surface area contributed by atoms with Crippen LogP contribution in [-0.4, -0.2) is 14.4 Å². The first-order valence-corrected chi connectivity index (χ1v) is 11.6. The van der Waals surface area contributed by atoms with Gasteiger partial charge in [-0.15, -0.1) is 11.3 Å². The summed E-state index contributed by atoms with van der Waals surface area (Å²) < 4.78 is 2.06. The quantitative estimate of drug-likeness (QED) is 0.230. The zero-order valence-corrected chi connectivity index (χ0v) is 19.6. The van der Waals surface area contributed by atoms with Crippen molar-refractivity contribution in [1.82, 2.24) is 14.4 Å². The van der Waals surface area contributed by atoms with Crippen molar-refractivity contribution in [2.75, 3.05) is 16.4 Å². The molecule has 34 heavy (non-hydrogen) atoms. The molecule has 0 unspecified atom stereocenters. The molecule has 3 aromatic heterocycles. The molecule has 0 fully saturated rings. The molecule has 0 spiro atoms. The standard InChI is InChI=1S/C27H24N6S/c1-4-19-13-14-33-25(15-19)30-18(3)26(33)24-16-34-27(32-24)31-21-11-9-20(10-12-21)17(2)29-23-8-6-5-7-22(23)28/h4-16,29H,1-2,28H2,3H3,(H,31,32). The van der Waals surface area contributed by atoms with Gasteiger partial charge in [0.25, 0.3) is 0 Å². The number of para-hydroxylation sites is 2. The van der Waals surface area contributed by atoms with Gasteiger partial charge in [-0.2, -0.15) is 0 Å². The van der Waals surface area contributed by atoms with Crippen LogP contribution in [0.4, 0.5) is 22.2 Å². The fourth-order valence-corrected chi connectivity index (χ4v) is 4.49. The largest absolute Gasteiger partial charge is 0.397 e. The normalized spacial score (nSPS) is 10.9. The van der Waals surface area contributed by atoms with E-state index in [0.717, 1.165) is 56.1 Å². The predicted molar refractivity (Wildman–Crippen MR) is 144 cm³/mol. The highest BCUT2D eigenvalue weighted by molar-refractivity contribution is 7.14. The van der Waals surface area contributed by atoms with Crippen LogP contribution in [0.5, 0.6) is 0 Å². The Morgan fingerprint density at radius 2 is 1.88 bits per heavy atom. The second-order valence-corrected chi connectivity index (χ2v) is 8.73. The number of benzene rings is 2. The predicted octanol–water partition coefficient (Wildman–Crippen LogP) is 6.82. The van der Waals surface area contributed by atoms with E-state index in [4.69, 9.17) is 15.7 Å². The van der Waals surface area contributed by atoms with Crippen molar-refractivity contribution < 1.29 is 0 Å². The first kappa shape index (κ1) is 21.5.